The van der Waals surface area contributed by atoms with Gasteiger partial charge in [-0.15, -0.1) is 0 Å². The van der Waals surface area contributed by atoms with Gasteiger partial charge in [-0.05, 0) is 38.8 Å². The van der Waals surface area contributed by atoms with E-state index < -0.39 is 0 Å². The predicted octanol–water partition coefficient (Wildman–Crippen LogP) is 2.37. The lowest BCUT2D eigenvalue weighted by Gasteiger charge is -2.33. The first-order valence-electron chi connectivity index (χ1n) is 7.39. The summed E-state index contributed by atoms with van der Waals surface area (Å²) in [5.74, 6) is 0.359. The molecule has 2 aromatic heterocycles. The molecule has 0 spiro atoms. The van der Waals surface area contributed by atoms with E-state index >= 15 is 0 Å². The molecule has 3 rings (SSSR count). The zero-order valence-corrected chi connectivity index (χ0v) is 12.4. The number of pyridine rings is 1. The monoisotopic (exact) mass is 288 g/mol. The predicted molar refractivity (Wildman–Crippen MR) is 79.1 cm³/mol. The summed E-state index contributed by atoms with van der Waals surface area (Å²) in [6.45, 7) is 4.99. The summed E-state index contributed by atoms with van der Waals surface area (Å²) >= 11 is 0. The van der Waals surface area contributed by atoms with Crippen molar-refractivity contribution < 1.29 is 14.3 Å². The Hall–Kier alpha value is -1.88. The van der Waals surface area contributed by atoms with Crippen molar-refractivity contribution in [3.05, 3.63) is 29.7 Å². The topological polar surface area (TPSA) is 66.6 Å². The third-order valence-corrected chi connectivity index (χ3v) is 4.15. The Labute approximate surface area is 123 Å². The van der Waals surface area contributed by atoms with E-state index in [1.807, 2.05) is 19.1 Å². The molecule has 1 fully saturated rings. The molecule has 0 aromatic carbocycles. The standard InChI is InChI=1S/C16H20N2O3/c1-10-5-6-14-13(17-10)8-15(21-14)16(20)18-7-3-4-12(9-18)11(2)19/h5-6,8,11-12,19H,3-4,7,9H2,1-2H3/t11-,12+/m1/s1. The number of hydrogen-bond donors (Lipinski definition) is 1. The lowest BCUT2D eigenvalue weighted by atomic mass is 9.93. The van der Waals surface area contributed by atoms with Crippen molar-refractivity contribution in [1.29, 1.82) is 0 Å². The molecule has 21 heavy (non-hydrogen) atoms. The van der Waals surface area contributed by atoms with E-state index in [0.717, 1.165) is 18.5 Å². The normalized spacial score (nSPS) is 20.7. The fourth-order valence-corrected chi connectivity index (χ4v) is 2.88. The van der Waals surface area contributed by atoms with E-state index in [1.54, 1.807) is 17.9 Å². The molecular formula is C16H20N2O3. The second-order valence-electron chi connectivity index (χ2n) is 5.84. The van der Waals surface area contributed by atoms with Crippen molar-refractivity contribution in [2.24, 2.45) is 5.92 Å². The molecule has 0 saturated carbocycles. The third kappa shape index (κ3) is 2.78. The van der Waals surface area contributed by atoms with Gasteiger partial charge in [-0.1, -0.05) is 0 Å². The third-order valence-electron chi connectivity index (χ3n) is 4.15. The SMILES string of the molecule is Cc1ccc2oc(C(=O)N3CCC[C@H]([C@@H](C)O)C3)cc2n1. The molecule has 1 N–H and O–H groups in total. The highest BCUT2D eigenvalue weighted by atomic mass is 16.3. The Balaban J connectivity index is 1.82. The van der Waals surface area contributed by atoms with Crippen molar-refractivity contribution in [2.45, 2.75) is 32.8 Å². The molecule has 1 aliphatic rings. The van der Waals surface area contributed by atoms with Gasteiger partial charge < -0.3 is 14.4 Å². The van der Waals surface area contributed by atoms with E-state index in [2.05, 4.69) is 4.98 Å². The Kier molecular flexibility index (Phi) is 3.68. The van der Waals surface area contributed by atoms with Crippen LogP contribution in [0.4, 0.5) is 0 Å². The van der Waals surface area contributed by atoms with Crippen LogP contribution in [0.15, 0.2) is 22.6 Å². The van der Waals surface area contributed by atoms with Gasteiger partial charge in [0.2, 0.25) is 0 Å². The molecule has 1 aliphatic heterocycles. The number of likely N-dealkylation sites (tertiary alicyclic amines) is 1. The number of carbonyl (C=O) groups is 1. The number of aryl methyl sites for hydroxylation is 1. The molecule has 1 amide bonds. The molecule has 5 heteroatoms. The van der Waals surface area contributed by atoms with E-state index in [0.29, 0.717) is 29.9 Å². The van der Waals surface area contributed by atoms with Crippen LogP contribution in [0.5, 0.6) is 0 Å². The van der Waals surface area contributed by atoms with Crippen LogP contribution >= 0.6 is 0 Å². The van der Waals surface area contributed by atoms with Gasteiger partial charge in [0.25, 0.3) is 5.91 Å². The van der Waals surface area contributed by atoms with E-state index in [-0.39, 0.29) is 17.9 Å². The summed E-state index contributed by atoms with van der Waals surface area (Å²) in [5.41, 5.74) is 2.24. The zero-order chi connectivity index (χ0) is 15.0. The van der Waals surface area contributed by atoms with E-state index in [9.17, 15) is 9.90 Å². The van der Waals surface area contributed by atoms with Crippen LogP contribution in [0.2, 0.25) is 0 Å². The number of aliphatic hydroxyl groups is 1. The number of nitrogens with zero attached hydrogens (tertiary/aromatic N) is 2. The van der Waals surface area contributed by atoms with Gasteiger partial charge >= 0.3 is 0 Å². The van der Waals surface area contributed by atoms with Crippen molar-refractivity contribution in [3.8, 4) is 0 Å². The molecule has 0 unspecified atom stereocenters. The quantitative estimate of drug-likeness (QED) is 0.921. The van der Waals surface area contributed by atoms with Crippen LogP contribution in [0.1, 0.15) is 36.0 Å². The molecule has 0 aliphatic carbocycles. The molecule has 1 saturated heterocycles. The molecule has 2 atom stereocenters. The van der Waals surface area contributed by atoms with Gasteiger partial charge in [0.1, 0.15) is 5.52 Å². The van der Waals surface area contributed by atoms with Gasteiger partial charge in [0, 0.05) is 30.8 Å². The summed E-state index contributed by atoms with van der Waals surface area (Å²) in [4.78, 5) is 18.7. The number of rotatable bonds is 2. The average Bonchev–Trinajstić information content (AvgIpc) is 2.89. The highest BCUT2D eigenvalue weighted by Crippen LogP contribution is 2.24. The van der Waals surface area contributed by atoms with Gasteiger partial charge in [0.15, 0.2) is 11.3 Å². The molecule has 3 heterocycles. The fourth-order valence-electron chi connectivity index (χ4n) is 2.88. The highest BCUT2D eigenvalue weighted by Gasteiger charge is 2.28. The molecule has 2 aromatic rings. The number of hydrogen-bond acceptors (Lipinski definition) is 4. The Morgan fingerprint density at radius 1 is 1.52 bits per heavy atom. The number of furan rings is 1. The van der Waals surface area contributed by atoms with Crippen molar-refractivity contribution in [1.82, 2.24) is 9.88 Å². The summed E-state index contributed by atoms with van der Waals surface area (Å²) in [7, 11) is 0. The van der Waals surface area contributed by atoms with Crippen molar-refractivity contribution in [2.75, 3.05) is 13.1 Å². The first-order valence-corrected chi connectivity index (χ1v) is 7.39. The maximum atomic E-state index is 12.5. The van der Waals surface area contributed by atoms with Crippen LogP contribution in [0.25, 0.3) is 11.1 Å². The maximum Gasteiger partial charge on any atom is 0.289 e. The second kappa shape index (κ2) is 5.48. The number of aromatic nitrogens is 1. The maximum absolute atomic E-state index is 12.5. The highest BCUT2D eigenvalue weighted by molar-refractivity contribution is 5.95. The van der Waals surface area contributed by atoms with E-state index in [4.69, 9.17) is 4.42 Å². The van der Waals surface area contributed by atoms with Gasteiger partial charge in [0.05, 0.1) is 6.10 Å². The van der Waals surface area contributed by atoms with Gasteiger partial charge in [-0.25, -0.2) is 4.98 Å². The van der Waals surface area contributed by atoms with Gasteiger partial charge in [-0.2, -0.15) is 0 Å². The molecule has 5 nitrogen and oxygen atoms in total. The summed E-state index contributed by atoms with van der Waals surface area (Å²) in [5, 5.41) is 9.72. The van der Waals surface area contributed by atoms with Crippen LogP contribution < -0.4 is 0 Å². The van der Waals surface area contributed by atoms with Gasteiger partial charge in [-0.3, -0.25) is 4.79 Å². The summed E-state index contributed by atoms with van der Waals surface area (Å²) < 4.78 is 5.62. The summed E-state index contributed by atoms with van der Waals surface area (Å²) in [6.07, 6.45) is 1.49. The number of fused-ring (bicyclic) bond motifs is 1. The fraction of sp³-hybridized carbons (Fsp3) is 0.500. The second-order valence-corrected chi connectivity index (χ2v) is 5.84. The minimum absolute atomic E-state index is 0.115. The molecule has 112 valence electrons. The largest absolute Gasteiger partial charge is 0.449 e. The zero-order valence-electron chi connectivity index (χ0n) is 12.4. The van der Waals surface area contributed by atoms with Crippen molar-refractivity contribution >= 4 is 17.0 Å². The molecule has 0 radical (unpaired) electrons. The lowest BCUT2D eigenvalue weighted by molar-refractivity contribution is 0.0444. The molecule has 0 bridgehead atoms. The number of aliphatic hydroxyl groups excluding tert-OH is 1. The smallest absolute Gasteiger partial charge is 0.289 e. The van der Waals surface area contributed by atoms with Crippen LogP contribution in [0, 0.1) is 12.8 Å². The number of amides is 1. The minimum atomic E-state index is -0.388. The Morgan fingerprint density at radius 2 is 2.33 bits per heavy atom. The first kappa shape index (κ1) is 14.1. The number of piperidine rings is 1. The average molecular weight is 288 g/mol. The lowest BCUT2D eigenvalue weighted by Crippen LogP contribution is -2.42. The van der Waals surface area contributed by atoms with Crippen LogP contribution in [0.3, 0.4) is 0 Å². The van der Waals surface area contributed by atoms with Crippen molar-refractivity contribution in [3.63, 3.8) is 0 Å². The van der Waals surface area contributed by atoms with E-state index in [1.165, 1.54) is 0 Å². The van der Waals surface area contributed by atoms with Crippen LogP contribution in [-0.2, 0) is 0 Å². The first-order chi connectivity index (χ1) is 10.0. The summed E-state index contributed by atoms with van der Waals surface area (Å²) in [6, 6.07) is 5.41. The number of carbonyl (C=O) groups excluding carboxylic acids is 1. The molecular weight excluding hydrogens is 268 g/mol. The minimum Gasteiger partial charge on any atom is -0.449 e. The Morgan fingerprint density at radius 3 is 3.10 bits per heavy atom. The van der Waals surface area contributed by atoms with Crippen LogP contribution in [-0.4, -0.2) is 40.1 Å². The Bertz CT molecular complexity index is 663.